The molecule has 2 aromatic carbocycles. The maximum Gasteiger partial charge on any atom is 0.116 e. The number of aromatic amines is 1. The zero-order valence-corrected chi connectivity index (χ0v) is 19.0. The molecule has 6 rings (SSSR count). The fraction of sp³-hybridized carbons (Fsp3) is 0.385. The Labute approximate surface area is 191 Å². The predicted molar refractivity (Wildman–Crippen MR) is 128 cm³/mol. The molecule has 6 heteroatoms. The Bertz CT molecular complexity index is 1250. The summed E-state index contributed by atoms with van der Waals surface area (Å²) < 4.78 is 0. The van der Waals surface area contributed by atoms with Gasteiger partial charge in [-0.3, -0.25) is 0 Å². The molecule has 3 N–H and O–H groups in total. The number of thiazole rings is 1. The number of aliphatic hydroxyl groups excluding tert-OH is 1. The van der Waals surface area contributed by atoms with Crippen LogP contribution in [0.15, 0.2) is 48.5 Å². The highest BCUT2D eigenvalue weighted by Crippen LogP contribution is 2.39. The van der Waals surface area contributed by atoms with Crippen LogP contribution < -0.4 is 5.32 Å². The van der Waals surface area contributed by atoms with Crippen molar-refractivity contribution in [3.63, 3.8) is 0 Å². The Hall–Kier alpha value is -2.54. The van der Waals surface area contributed by atoms with E-state index in [1.807, 2.05) is 41.7 Å². The zero-order valence-electron chi connectivity index (χ0n) is 18.2. The molecule has 32 heavy (non-hydrogen) atoms. The van der Waals surface area contributed by atoms with Gasteiger partial charge in [0.15, 0.2) is 0 Å². The van der Waals surface area contributed by atoms with E-state index in [-0.39, 0.29) is 6.04 Å². The van der Waals surface area contributed by atoms with Gasteiger partial charge < -0.3 is 15.4 Å². The topological polar surface area (TPSA) is 73.8 Å². The average Bonchev–Trinajstić information content (AvgIpc) is 3.57. The maximum atomic E-state index is 10.7. The lowest BCUT2D eigenvalue weighted by atomic mass is 10.0. The van der Waals surface area contributed by atoms with E-state index in [0.717, 1.165) is 59.5 Å². The SMILES string of the molecule is Cc1nc2c(s1)CC[C@H]2c1nc2ccc(C[C@@H]3CC[C@H]([C@H](O)c4ccccc4)N3)cc2[nH]1. The van der Waals surface area contributed by atoms with Gasteiger partial charge >= 0.3 is 0 Å². The molecular formula is C26H28N4OS. The Morgan fingerprint density at radius 1 is 1.09 bits per heavy atom. The molecule has 0 radical (unpaired) electrons. The molecule has 1 fully saturated rings. The number of aliphatic hydroxyl groups is 1. The number of aryl methyl sites for hydroxylation is 2. The summed E-state index contributed by atoms with van der Waals surface area (Å²) in [5, 5.41) is 15.6. The van der Waals surface area contributed by atoms with Crippen molar-refractivity contribution >= 4 is 22.4 Å². The molecule has 1 aliphatic carbocycles. The van der Waals surface area contributed by atoms with Crippen LogP contribution in [0.5, 0.6) is 0 Å². The van der Waals surface area contributed by atoms with E-state index in [9.17, 15) is 5.11 Å². The third-order valence-electron chi connectivity index (χ3n) is 7.00. The monoisotopic (exact) mass is 444 g/mol. The van der Waals surface area contributed by atoms with Gasteiger partial charge in [-0.1, -0.05) is 36.4 Å². The zero-order chi connectivity index (χ0) is 21.7. The van der Waals surface area contributed by atoms with Crippen LogP contribution in [0.3, 0.4) is 0 Å². The smallest absolute Gasteiger partial charge is 0.116 e. The fourth-order valence-corrected chi connectivity index (χ4v) is 6.42. The van der Waals surface area contributed by atoms with E-state index in [0.29, 0.717) is 12.0 Å². The summed E-state index contributed by atoms with van der Waals surface area (Å²) in [6.07, 6.45) is 4.78. The molecular weight excluding hydrogens is 416 g/mol. The van der Waals surface area contributed by atoms with E-state index < -0.39 is 6.10 Å². The number of hydrogen-bond donors (Lipinski definition) is 3. The van der Waals surface area contributed by atoms with Crippen LogP contribution >= 0.6 is 11.3 Å². The molecule has 0 amide bonds. The second kappa shape index (κ2) is 8.10. The highest BCUT2D eigenvalue weighted by molar-refractivity contribution is 7.11. The van der Waals surface area contributed by atoms with Crippen LogP contribution in [-0.2, 0) is 12.8 Å². The van der Waals surface area contributed by atoms with Gasteiger partial charge in [0.2, 0.25) is 0 Å². The number of fused-ring (bicyclic) bond motifs is 2. The van der Waals surface area contributed by atoms with Gasteiger partial charge in [-0.15, -0.1) is 11.3 Å². The van der Waals surface area contributed by atoms with Crippen molar-refractivity contribution in [2.75, 3.05) is 0 Å². The number of hydrogen-bond acceptors (Lipinski definition) is 5. The van der Waals surface area contributed by atoms with Crippen LogP contribution in [0.4, 0.5) is 0 Å². The normalized spacial score (nSPS) is 23.6. The molecule has 0 spiro atoms. The minimum Gasteiger partial charge on any atom is -0.387 e. The molecule has 3 heterocycles. The van der Waals surface area contributed by atoms with E-state index in [1.165, 1.54) is 16.1 Å². The first-order valence-corrected chi connectivity index (χ1v) is 12.4. The van der Waals surface area contributed by atoms with Crippen LogP contribution in [0, 0.1) is 6.92 Å². The minimum absolute atomic E-state index is 0.114. The Morgan fingerprint density at radius 3 is 2.84 bits per heavy atom. The Morgan fingerprint density at radius 2 is 1.97 bits per heavy atom. The average molecular weight is 445 g/mol. The predicted octanol–water partition coefficient (Wildman–Crippen LogP) is 4.80. The molecule has 4 aromatic rings. The largest absolute Gasteiger partial charge is 0.387 e. The summed E-state index contributed by atoms with van der Waals surface area (Å²) in [5.74, 6) is 1.34. The van der Waals surface area contributed by atoms with Crippen molar-refractivity contribution in [3.05, 3.63) is 81.1 Å². The fourth-order valence-electron chi connectivity index (χ4n) is 5.41. The first-order chi connectivity index (χ1) is 15.6. The number of aromatic nitrogens is 3. The second-order valence-electron chi connectivity index (χ2n) is 9.21. The summed E-state index contributed by atoms with van der Waals surface area (Å²) in [7, 11) is 0. The molecule has 1 saturated heterocycles. The van der Waals surface area contributed by atoms with E-state index in [4.69, 9.17) is 9.97 Å². The van der Waals surface area contributed by atoms with Gasteiger partial charge in [0.25, 0.3) is 0 Å². The van der Waals surface area contributed by atoms with Gasteiger partial charge in [0, 0.05) is 17.0 Å². The summed E-state index contributed by atoms with van der Waals surface area (Å²) in [4.78, 5) is 14.7. The van der Waals surface area contributed by atoms with Crippen LogP contribution in [-0.4, -0.2) is 32.1 Å². The summed E-state index contributed by atoms with van der Waals surface area (Å²) in [6.45, 7) is 2.09. The van der Waals surface area contributed by atoms with Crippen molar-refractivity contribution in [1.29, 1.82) is 0 Å². The number of H-pyrrole nitrogens is 1. The van der Waals surface area contributed by atoms with Gasteiger partial charge in [0.1, 0.15) is 5.82 Å². The van der Waals surface area contributed by atoms with Crippen molar-refractivity contribution in [1.82, 2.24) is 20.3 Å². The molecule has 0 saturated carbocycles. The number of rotatable bonds is 5. The van der Waals surface area contributed by atoms with Crippen molar-refractivity contribution in [2.45, 2.75) is 63.1 Å². The van der Waals surface area contributed by atoms with Gasteiger partial charge in [-0.25, -0.2) is 9.97 Å². The van der Waals surface area contributed by atoms with Gasteiger partial charge in [0.05, 0.1) is 33.8 Å². The van der Waals surface area contributed by atoms with E-state index in [2.05, 4.69) is 35.4 Å². The summed E-state index contributed by atoms with van der Waals surface area (Å²) in [5.41, 5.74) is 5.65. The number of nitrogens with zero attached hydrogens (tertiary/aromatic N) is 2. The van der Waals surface area contributed by atoms with Crippen molar-refractivity contribution < 1.29 is 5.11 Å². The number of nitrogens with one attached hydrogen (secondary N) is 2. The Balaban J connectivity index is 1.16. The molecule has 0 unspecified atom stereocenters. The first kappa shape index (κ1) is 20.1. The highest BCUT2D eigenvalue weighted by atomic mass is 32.1. The highest BCUT2D eigenvalue weighted by Gasteiger charge is 2.31. The molecule has 0 bridgehead atoms. The number of benzene rings is 2. The molecule has 1 aliphatic heterocycles. The molecule has 164 valence electrons. The second-order valence-corrected chi connectivity index (χ2v) is 10.5. The molecule has 4 atom stereocenters. The lowest BCUT2D eigenvalue weighted by Crippen LogP contribution is -2.35. The molecule has 5 nitrogen and oxygen atoms in total. The summed E-state index contributed by atoms with van der Waals surface area (Å²) >= 11 is 1.83. The van der Waals surface area contributed by atoms with Crippen LogP contribution in [0.25, 0.3) is 11.0 Å². The maximum absolute atomic E-state index is 10.7. The number of imidazole rings is 1. The first-order valence-electron chi connectivity index (χ1n) is 11.6. The van der Waals surface area contributed by atoms with Crippen LogP contribution in [0.1, 0.15) is 63.8 Å². The Kier molecular flexibility index (Phi) is 5.09. The van der Waals surface area contributed by atoms with Crippen molar-refractivity contribution in [3.8, 4) is 0 Å². The molecule has 2 aliphatic rings. The van der Waals surface area contributed by atoms with E-state index >= 15 is 0 Å². The lowest BCUT2D eigenvalue weighted by molar-refractivity contribution is 0.135. The van der Waals surface area contributed by atoms with Gasteiger partial charge in [-0.05, 0) is 62.3 Å². The third kappa shape index (κ3) is 3.66. The molecule has 2 aromatic heterocycles. The minimum atomic E-state index is -0.454. The third-order valence-corrected chi connectivity index (χ3v) is 8.05. The van der Waals surface area contributed by atoms with Gasteiger partial charge in [-0.2, -0.15) is 0 Å². The standard InChI is InChI=1S/C26H28N4OS/c1-15-27-24-19(9-12-23(24)32-15)26-29-20-10-7-16(14-22(20)30-26)13-18-8-11-21(28-18)25(31)17-5-3-2-4-6-17/h2-7,10,14,18-19,21,25,28,31H,8-9,11-13H2,1H3,(H,29,30)/t18-,19+,21+,25+/m0/s1. The summed E-state index contributed by atoms with van der Waals surface area (Å²) in [6, 6.07) is 17.0. The van der Waals surface area contributed by atoms with E-state index in [1.54, 1.807) is 0 Å². The van der Waals surface area contributed by atoms with Crippen LogP contribution in [0.2, 0.25) is 0 Å². The van der Waals surface area contributed by atoms with Crippen molar-refractivity contribution in [2.24, 2.45) is 0 Å². The quantitative estimate of drug-likeness (QED) is 0.413. The lowest BCUT2D eigenvalue weighted by Gasteiger charge is -2.20.